The number of methoxy groups -OCH3 is 1. The van der Waals surface area contributed by atoms with Crippen LogP contribution >= 0.6 is 27.5 Å². The van der Waals surface area contributed by atoms with Gasteiger partial charge in [0, 0.05) is 29.8 Å². The van der Waals surface area contributed by atoms with Gasteiger partial charge in [0.15, 0.2) is 0 Å². The first-order valence-electron chi connectivity index (χ1n) is 7.01. The number of ether oxygens (including phenoxy) is 2. The molecule has 1 aliphatic heterocycles. The Labute approximate surface area is 134 Å². The van der Waals surface area contributed by atoms with E-state index >= 15 is 0 Å². The topological polar surface area (TPSA) is 30.5 Å². The molecular formula is C15H21BrClNO2. The standard InChI is InChI=1S/C15H21BrClNO2/c1-3-18-14(10-4-6-20-7-5-10)12-8-11(17)9-13(16)15(12)19-2/h8-10,14,18H,3-7H2,1-2H3. The molecule has 1 atom stereocenters. The van der Waals surface area contributed by atoms with E-state index in [1.54, 1.807) is 7.11 Å². The maximum absolute atomic E-state index is 6.22. The molecule has 1 aromatic rings. The normalized spacial score (nSPS) is 18.0. The van der Waals surface area contributed by atoms with Gasteiger partial charge in [0.1, 0.15) is 5.75 Å². The van der Waals surface area contributed by atoms with Crippen molar-refractivity contribution in [1.29, 1.82) is 0 Å². The molecule has 1 unspecified atom stereocenters. The largest absolute Gasteiger partial charge is 0.495 e. The van der Waals surface area contributed by atoms with Crippen LogP contribution in [0.4, 0.5) is 0 Å². The van der Waals surface area contributed by atoms with E-state index in [0.29, 0.717) is 5.92 Å². The maximum Gasteiger partial charge on any atom is 0.137 e. The number of benzene rings is 1. The Balaban J connectivity index is 2.37. The summed E-state index contributed by atoms with van der Waals surface area (Å²) >= 11 is 9.76. The number of halogens is 2. The molecular weight excluding hydrogens is 342 g/mol. The van der Waals surface area contributed by atoms with Gasteiger partial charge >= 0.3 is 0 Å². The molecule has 0 saturated carbocycles. The van der Waals surface area contributed by atoms with Crippen molar-refractivity contribution >= 4 is 27.5 Å². The van der Waals surface area contributed by atoms with Gasteiger partial charge < -0.3 is 14.8 Å². The average molecular weight is 363 g/mol. The molecule has 112 valence electrons. The lowest BCUT2D eigenvalue weighted by Crippen LogP contribution is -2.32. The molecule has 0 aliphatic carbocycles. The van der Waals surface area contributed by atoms with Gasteiger partial charge in [-0.25, -0.2) is 0 Å². The number of hydrogen-bond acceptors (Lipinski definition) is 3. The Hall–Kier alpha value is -0.290. The highest BCUT2D eigenvalue weighted by Gasteiger charge is 2.28. The van der Waals surface area contributed by atoms with E-state index in [-0.39, 0.29) is 6.04 Å². The Morgan fingerprint density at radius 1 is 1.45 bits per heavy atom. The Morgan fingerprint density at radius 2 is 2.15 bits per heavy atom. The molecule has 1 aromatic carbocycles. The van der Waals surface area contributed by atoms with E-state index < -0.39 is 0 Å². The fourth-order valence-corrected chi connectivity index (χ4v) is 3.82. The van der Waals surface area contributed by atoms with E-state index in [1.807, 2.05) is 12.1 Å². The van der Waals surface area contributed by atoms with Gasteiger partial charge in [-0.3, -0.25) is 0 Å². The third-order valence-corrected chi connectivity index (χ3v) is 4.54. The molecule has 0 amide bonds. The summed E-state index contributed by atoms with van der Waals surface area (Å²) in [5, 5.41) is 4.31. The zero-order chi connectivity index (χ0) is 14.5. The van der Waals surface area contributed by atoms with Gasteiger partial charge in [-0.1, -0.05) is 18.5 Å². The highest BCUT2D eigenvalue weighted by atomic mass is 79.9. The highest BCUT2D eigenvalue weighted by molar-refractivity contribution is 9.10. The van der Waals surface area contributed by atoms with Crippen molar-refractivity contribution in [1.82, 2.24) is 5.32 Å². The SMILES string of the molecule is CCNC(c1cc(Cl)cc(Br)c1OC)C1CCOCC1. The van der Waals surface area contributed by atoms with Crippen LogP contribution < -0.4 is 10.1 Å². The second kappa shape index (κ2) is 7.64. The van der Waals surface area contributed by atoms with E-state index in [0.717, 1.165) is 53.4 Å². The summed E-state index contributed by atoms with van der Waals surface area (Å²) in [5.74, 6) is 1.41. The van der Waals surface area contributed by atoms with E-state index in [1.165, 1.54) is 0 Å². The summed E-state index contributed by atoms with van der Waals surface area (Å²) in [6, 6.07) is 4.12. The van der Waals surface area contributed by atoms with Crippen LogP contribution in [0.25, 0.3) is 0 Å². The summed E-state index contributed by atoms with van der Waals surface area (Å²) in [6.45, 7) is 4.70. The molecule has 0 bridgehead atoms. The molecule has 1 N–H and O–H groups in total. The molecule has 0 spiro atoms. The zero-order valence-electron chi connectivity index (χ0n) is 11.9. The van der Waals surface area contributed by atoms with Gasteiger partial charge in [-0.05, 0) is 53.4 Å². The Morgan fingerprint density at radius 3 is 2.75 bits per heavy atom. The fourth-order valence-electron chi connectivity index (χ4n) is 2.83. The second-order valence-corrected chi connectivity index (χ2v) is 6.29. The zero-order valence-corrected chi connectivity index (χ0v) is 14.3. The van der Waals surface area contributed by atoms with Gasteiger partial charge in [-0.2, -0.15) is 0 Å². The van der Waals surface area contributed by atoms with E-state index in [4.69, 9.17) is 21.1 Å². The number of nitrogens with one attached hydrogen (secondary N) is 1. The molecule has 0 radical (unpaired) electrons. The first kappa shape index (κ1) is 16.1. The summed E-state index contributed by atoms with van der Waals surface area (Å²) in [7, 11) is 1.70. The molecule has 5 heteroatoms. The number of rotatable bonds is 5. The Kier molecular flexibility index (Phi) is 6.15. The molecule has 3 nitrogen and oxygen atoms in total. The lowest BCUT2D eigenvalue weighted by atomic mass is 9.86. The van der Waals surface area contributed by atoms with Crippen LogP contribution in [0.2, 0.25) is 5.02 Å². The first-order valence-corrected chi connectivity index (χ1v) is 8.18. The second-order valence-electron chi connectivity index (χ2n) is 5.00. The van der Waals surface area contributed by atoms with Crippen LogP contribution in [0.15, 0.2) is 16.6 Å². The van der Waals surface area contributed by atoms with Crippen molar-refractivity contribution in [2.75, 3.05) is 26.9 Å². The van der Waals surface area contributed by atoms with Gasteiger partial charge in [-0.15, -0.1) is 0 Å². The Bertz CT molecular complexity index is 450. The average Bonchev–Trinajstić information content (AvgIpc) is 2.45. The third-order valence-electron chi connectivity index (χ3n) is 3.74. The summed E-state index contributed by atoms with van der Waals surface area (Å²) in [5.41, 5.74) is 1.13. The van der Waals surface area contributed by atoms with Crippen molar-refractivity contribution in [3.63, 3.8) is 0 Å². The minimum absolute atomic E-state index is 0.244. The quantitative estimate of drug-likeness (QED) is 0.852. The van der Waals surface area contributed by atoms with E-state index in [9.17, 15) is 0 Å². The lowest BCUT2D eigenvalue weighted by Gasteiger charge is -2.32. The van der Waals surface area contributed by atoms with Crippen molar-refractivity contribution in [3.8, 4) is 5.75 Å². The third kappa shape index (κ3) is 3.67. The van der Waals surface area contributed by atoms with Crippen LogP contribution in [0, 0.1) is 5.92 Å². The van der Waals surface area contributed by atoms with Crippen LogP contribution in [-0.2, 0) is 4.74 Å². The maximum atomic E-state index is 6.22. The summed E-state index contributed by atoms with van der Waals surface area (Å²) in [4.78, 5) is 0. The first-order chi connectivity index (χ1) is 9.67. The lowest BCUT2D eigenvalue weighted by molar-refractivity contribution is 0.0535. The van der Waals surface area contributed by atoms with Crippen LogP contribution in [0.3, 0.4) is 0 Å². The smallest absolute Gasteiger partial charge is 0.137 e. The van der Waals surface area contributed by atoms with Crippen LogP contribution in [0.5, 0.6) is 5.75 Å². The van der Waals surface area contributed by atoms with Gasteiger partial charge in [0.25, 0.3) is 0 Å². The predicted molar refractivity (Wildman–Crippen MR) is 85.7 cm³/mol. The monoisotopic (exact) mass is 361 g/mol. The van der Waals surface area contributed by atoms with Gasteiger partial charge in [0.05, 0.1) is 11.6 Å². The van der Waals surface area contributed by atoms with Crippen molar-refractivity contribution in [2.24, 2.45) is 5.92 Å². The molecule has 2 rings (SSSR count). The number of hydrogen-bond donors (Lipinski definition) is 1. The minimum atomic E-state index is 0.244. The van der Waals surface area contributed by atoms with Gasteiger partial charge in [0.2, 0.25) is 0 Å². The molecule has 20 heavy (non-hydrogen) atoms. The van der Waals surface area contributed by atoms with Crippen LogP contribution in [0.1, 0.15) is 31.4 Å². The summed E-state index contributed by atoms with van der Waals surface area (Å²) in [6.07, 6.45) is 2.12. The molecule has 1 saturated heterocycles. The fraction of sp³-hybridized carbons (Fsp3) is 0.600. The minimum Gasteiger partial charge on any atom is -0.495 e. The molecule has 0 aromatic heterocycles. The van der Waals surface area contributed by atoms with E-state index in [2.05, 4.69) is 28.2 Å². The molecule has 1 fully saturated rings. The highest BCUT2D eigenvalue weighted by Crippen LogP contribution is 2.40. The van der Waals surface area contributed by atoms with Crippen LogP contribution in [-0.4, -0.2) is 26.9 Å². The van der Waals surface area contributed by atoms with Crippen molar-refractivity contribution < 1.29 is 9.47 Å². The van der Waals surface area contributed by atoms with Crippen molar-refractivity contribution in [3.05, 3.63) is 27.2 Å². The summed E-state index contributed by atoms with van der Waals surface area (Å²) < 4.78 is 11.9. The predicted octanol–water partition coefficient (Wildman–Crippen LogP) is 4.19. The molecule has 1 heterocycles. The molecule has 1 aliphatic rings. The van der Waals surface area contributed by atoms with Crippen molar-refractivity contribution in [2.45, 2.75) is 25.8 Å².